The first-order chi connectivity index (χ1) is 16.7. The van der Waals surface area contributed by atoms with Crippen LogP contribution < -0.4 is 10.0 Å². The molecular formula is C27H30ClN3O3S. The van der Waals surface area contributed by atoms with E-state index in [2.05, 4.69) is 14.9 Å². The first-order valence-electron chi connectivity index (χ1n) is 11.7. The van der Waals surface area contributed by atoms with Crippen LogP contribution in [0.5, 0.6) is 0 Å². The number of amides is 1. The number of carbonyl (C=O) groups is 1. The minimum Gasteiger partial charge on any atom is -0.326 e. The van der Waals surface area contributed by atoms with Crippen LogP contribution >= 0.6 is 11.6 Å². The molecular weight excluding hydrogens is 482 g/mol. The first-order valence-corrected chi connectivity index (χ1v) is 13.5. The molecule has 2 N–H and O–H groups in total. The molecule has 184 valence electrons. The van der Waals surface area contributed by atoms with Crippen molar-refractivity contribution in [2.75, 3.05) is 23.1 Å². The molecule has 1 aliphatic heterocycles. The summed E-state index contributed by atoms with van der Waals surface area (Å²) in [6, 6.07) is 19.7. The van der Waals surface area contributed by atoms with E-state index >= 15 is 0 Å². The third kappa shape index (κ3) is 6.42. The molecule has 0 radical (unpaired) electrons. The number of anilines is 2. The van der Waals surface area contributed by atoms with Crippen molar-refractivity contribution in [3.05, 3.63) is 88.4 Å². The molecule has 1 heterocycles. The lowest BCUT2D eigenvalue weighted by Gasteiger charge is -2.31. The predicted octanol–water partition coefficient (Wildman–Crippen LogP) is 5.61. The maximum Gasteiger partial charge on any atom is 0.261 e. The van der Waals surface area contributed by atoms with Gasteiger partial charge in [-0.15, -0.1) is 0 Å². The van der Waals surface area contributed by atoms with E-state index in [4.69, 9.17) is 11.6 Å². The Balaban J connectivity index is 1.31. The van der Waals surface area contributed by atoms with Gasteiger partial charge >= 0.3 is 0 Å². The molecule has 1 amide bonds. The van der Waals surface area contributed by atoms with Crippen molar-refractivity contribution in [3.8, 4) is 0 Å². The Morgan fingerprint density at radius 3 is 2.34 bits per heavy atom. The summed E-state index contributed by atoms with van der Waals surface area (Å²) in [6.45, 7) is 6.25. The second kappa shape index (κ2) is 10.8. The quantitative estimate of drug-likeness (QED) is 0.432. The maximum atomic E-state index is 12.8. The van der Waals surface area contributed by atoms with Gasteiger partial charge in [-0.05, 0) is 87.3 Å². The minimum absolute atomic E-state index is 0.0357. The highest BCUT2D eigenvalue weighted by molar-refractivity contribution is 7.92. The zero-order valence-electron chi connectivity index (χ0n) is 19.9. The Bertz CT molecular complexity index is 1300. The third-order valence-corrected chi connectivity index (χ3v) is 8.12. The van der Waals surface area contributed by atoms with E-state index in [0.717, 1.165) is 54.2 Å². The average Bonchev–Trinajstić information content (AvgIpc) is 2.83. The Hall–Kier alpha value is -2.87. The molecule has 0 atom stereocenters. The standard InChI is InChI=1S/C27H30ClN3O3S/c1-19-7-12-26(20(2)17-19)30-35(33,34)24-10-8-23(9-11-24)29-27(32)21-13-15-31(16-14-21)18-22-5-3-4-6-25(22)28/h3-12,17,21,30H,13-16,18H2,1-2H3,(H,29,32). The Morgan fingerprint density at radius 2 is 1.69 bits per heavy atom. The normalized spacial score (nSPS) is 15.1. The van der Waals surface area contributed by atoms with Gasteiger partial charge in [0.1, 0.15) is 0 Å². The lowest BCUT2D eigenvalue weighted by atomic mass is 9.95. The smallest absolute Gasteiger partial charge is 0.261 e. The highest BCUT2D eigenvalue weighted by Gasteiger charge is 2.25. The van der Waals surface area contributed by atoms with Crippen LogP contribution in [0.3, 0.4) is 0 Å². The highest BCUT2D eigenvalue weighted by Crippen LogP contribution is 2.25. The van der Waals surface area contributed by atoms with Crippen molar-refractivity contribution < 1.29 is 13.2 Å². The zero-order valence-corrected chi connectivity index (χ0v) is 21.5. The summed E-state index contributed by atoms with van der Waals surface area (Å²) < 4.78 is 28.2. The number of hydrogen-bond acceptors (Lipinski definition) is 4. The second-order valence-corrected chi connectivity index (χ2v) is 11.2. The maximum absolute atomic E-state index is 12.8. The number of nitrogens with zero attached hydrogens (tertiary/aromatic N) is 1. The van der Waals surface area contributed by atoms with Crippen LogP contribution in [0.1, 0.15) is 29.5 Å². The topological polar surface area (TPSA) is 78.5 Å². The lowest BCUT2D eigenvalue weighted by molar-refractivity contribution is -0.121. The minimum atomic E-state index is -3.73. The summed E-state index contributed by atoms with van der Waals surface area (Å²) in [5.74, 6) is -0.113. The summed E-state index contributed by atoms with van der Waals surface area (Å²) in [7, 11) is -3.73. The molecule has 0 spiro atoms. The molecule has 0 unspecified atom stereocenters. The lowest BCUT2D eigenvalue weighted by Crippen LogP contribution is -2.37. The van der Waals surface area contributed by atoms with Crippen LogP contribution in [0.15, 0.2) is 71.6 Å². The van der Waals surface area contributed by atoms with Crippen molar-refractivity contribution in [3.63, 3.8) is 0 Å². The van der Waals surface area contributed by atoms with Gasteiger partial charge in [-0.2, -0.15) is 0 Å². The first kappa shape index (κ1) is 25.2. The van der Waals surface area contributed by atoms with Gasteiger partial charge in [0.2, 0.25) is 5.91 Å². The molecule has 1 aliphatic rings. The van der Waals surface area contributed by atoms with Crippen molar-refractivity contribution >= 4 is 38.9 Å². The Morgan fingerprint density at radius 1 is 1.00 bits per heavy atom. The molecule has 1 saturated heterocycles. The number of hydrogen-bond donors (Lipinski definition) is 2. The van der Waals surface area contributed by atoms with Crippen LogP contribution in [0.4, 0.5) is 11.4 Å². The Labute approximate surface area is 212 Å². The van der Waals surface area contributed by atoms with Crippen LogP contribution in [-0.4, -0.2) is 32.3 Å². The van der Waals surface area contributed by atoms with Crippen molar-refractivity contribution in [2.45, 2.75) is 38.1 Å². The number of halogens is 1. The van der Waals surface area contributed by atoms with Gasteiger partial charge in [-0.25, -0.2) is 8.42 Å². The summed E-state index contributed by atoms with van der Waals surface area (Å²) in [5, 5.41) is 3.70. The number of benzene rings is 3. The van der Waals surface area contributed by atoms with E-state index in [1.54, 1.807) is 18.2 Å². The monoisotopic (exact) mass is 511 g/mol. The number of sulfonamides is 1. The van der Waals surface area contributed by atoms with Crippen molar-refractivity contribution in [1.29, 1.82) is 0 Å². The van der Waals surface area contributed by atoms with Gasteiger partial charge in [0.15, 0.2) is 0 Å². The summed E-state index contributed by atoms with van der Waals surface area (Å²) in [4.78, 5) is 15.2. The number of rotatable bonds is 7. The number of nitrogens with one attached hydrogen (secondary N) is 2. The number of piperidine rings is 1. The van der Waals surface area contributed by atoms with E-state index < -0.39 is 10.0 Å². The molecule has 0 aromatic heterocycles. The number of carbonyl (C=O) groups excluding carboxylic acids is 1. The van der Waals surface area contributed by atoms with Gasteiger partial charge < -0.3 is 5.32 Å². The second-order valence-electron chi connectivity index (χ2n) is 9.08. The fourth-order valence-electron chi connectivity index (χ4n) is 4.31. The summed E-state index contributed by atoms with van der Waals surface area (Å²) >= 11 is 6.27. The molecule has 1 fully saturated rings. The molecule has 0 saturated carbocycles. The van der Waals surface area contributed by atoms with E-state index in [-0.39, 0.29) is 16.7 Å². The number of likely N-dealkylation sites (tertiary alicyclic amines) is 1. The van der Waals surface area contributed by atoms with Crippen molar-refractivity contribution in [1.82, 2.24) is 4.90 Å². The van der Waals surface area contributed by atoms with E-state index in [1.807, 2.05) is 50.2 Å². The number of aryl methyl sites for hydroxylation is 2. The van der Waals surface area contributed by atoms with Gasteiger partial charge in [0.25, 0.3) is 10.0 Å². The fourth-order valence-corrected chi connectivity index (χ4v) is 5.64. The molecule has 0 aliphatic carbocycles. The predicted molar refractivity (Wildman–Crippen MR) is 141 cm³/mol. The molecule has 8 heteroatoms. The highest BCUT2D eigenvalue weighted by atomic mass is 35.5. The average molecular weight is 512 g/mol. The summed E-state index contributed by atoms with van der Waals surface area (Å²) in [5.41, 5.74) is 4.15. The van der Waals surface area contributed by atoms with Crippen LogP contribution in [0.25, 0.3) is 0 Å². The molecule has 3 aromatic rings. The molecule has 4 rings (SSSR count). The van der Waals surface area contributed by atoms with E-state index in [1.165, 1.54) is 12.1 Å². The molecule has 3 aromatic carbocycles. The van der Waals surface area contributed by atoms with E-state index in [0.29, 0.717) is 11.4 Å². The van der Waals surface area contributed by atoms with Crippen LogP contribution in [0, 0.1) is 19.8 Å². The van der Waals surface area contributed by atoms with Gasteiger partial charge in [0.05, 0.1) is 10.6 Å². The zero-order chi connectivity index (χ0) is 25.0. The van der Waals surface area contributed by atoms with E-state index in [9.17, 15) is 13.2 Å². The van der Waals surface area contributed by atoms with Gasteiger partial charge in [-0.3, -0.25) is 14.4 Å². The molecule has 35 heavy (non-hydrogen) atoms. The summed E-state index contributed by atoms with van der Waals surface area (Å²) in [6.07, 6.45) is 1.53. The van der Waals surface area contributed by atoms with Crippen LogP contribution in [-0.2, 0) is 21.4 Å². The van der Waals surface area contributed by atoms with Gasteiger partial charge in [0, 0.05) is 23.2 Å². The van der Waals surface area contributed by atoms with Gasteiger partial charge in [-0.1, -0.05) is 47.5 Å². The SMILES string of the molecule is Cc1ccc(NS(=O)(=O)c2ccc(NC(=O)C3CCN(Cc4ccccc4Cl)CC3)cc2)c(C)c1. The molecule has 0 bridgehead atoms. The molecule has 6 nitrogen and oxygen atoms in total. The Kier molecular flexibility index (Phi) is 7.79. The third-order valence-electron chi connectivity index (χ3n) is 6.37. The largest absolute Gasteiger partial charge is 0.326 e. The fraction of sp³-hybridized carbons (Fsp3) is 0.296. The van der Waals surface area contributed by atoms with Crippen LogP contribution in [0.2, 0.25) is 5.02 Å². The van der Waals surface area contributed by atoms with Crippen molar-refractivity contribution in [2.24, 2.45) is 5.92 Å².